The predicted octanol–water partition coefficient (Wildman–Crippen LogP) is 4.73. The summed E-state index contributed by atoms with van der Waals surface area (Å²) in [4.78, 5) is 2.49. The number of hydrogen-bond acceptors (Lipinski definition) is 2. The fraction of sp³-hybridized carbons (Fsp3) is 0.400. The van der Waals surface area contributed by atoms with Gasteiger partial charge in [-0.1, -0.05) is 43.3 Å². The van der Waals surface area contributed by atoms with E-state index in [0.29, 0.717) is 6.04 Å². The van der Waals surface area contributed by atoms with Gasteiger partial charge in [0.25, 0.3) is 0 Å². The van der Waals surface area contributed by atoms with Gasteiger partial charge in [-0.3, -0.25) is 4.90 Å². The van der Waals surface area contributed by atoms with Crippen LogP contribution in [0.2, 0.25) is 0 Å². The van der Waals surface area contributed by atoms with E-state index in [-0.39, 0.29) is 0 Å². The number of piperazine rings is 1. The molecule has 0 saturated carbocycles. The lowest BCUT2D eigenvalue weighted by Gasteiger charge is -2.34. The third-order valence-corrected chi connectivity index (χ3v) is 4.82. The molecule has 0 amide bonds. The number of nitrogens with one attached hydrogen (secondary N) is 1. The smallest absolute Gasteiger partial charge is 0.314 e. The van der Waals surface area contributed by atoms with Crippen molar-refractivity contribution >= 4 is 0 Å². The minimum absolute atomic E-state index is 0.392. The molecule has 1 aliphatic heterocycles. The van der Waals surface area contributed by atoms with Crippen molar-refractivity contribution in [2.45, 2.75) is 25.6 Å². The molecular formula is C20H23F3N2. The Morgan fingerprint density at radius 3 is 1.92 bits per heavy atom. The summed E-state index contributed by atoms with van der Waals surface area (Å²) in [5.41, 5.74) is 2.39. The van der Waals surface area contributed by atoms with Gasteiger partial charge in [0.2, 0.25) is 0 Å². The fourth-order valence-electron chi connectivity index (χ4n) is 3.45. The molecule has 134 valence electrons. The highest BCUT2D eigenvalue weighted by atomic mass is 19.4. The normalized spacial score (nSPS) is 17.4. The molecule has 1 aliphatic rings. The van der Waals surface area contributed by atoms with Crippen molar-refractivity contribution in [2.24, 2.45) is 0 Å². The Labute approximate surface area is 146 Å². The molecule has 2 aromatic rings. The maximum Gasteiger partial charge on any atom is 0.416 e. The van der Waals surface area contributed by atoms with Crippen LogP contribution < -0.4 is 5.32 Å². The molecule has 0 radical (unpaired) electrons. The Morgan fingerprint density at radius 1 is 0.920 bits per heavy atom. The minimum Gasteiger partial charge on any atom is -0.314 e. The van der Waals surface area contributed by atoms with Crippen LogP contribution in [0.3, 0.4) is 0 Å². The largest absolute Gasteiger partial charge is 0.416 e. The van der Waals surface area contributed by atoms with Crippen molar-refractivity contribution in [3.8, 4) is 11.1 Å². The van der Waals surface area contributed by atoms with Crippen molar-refractivity contribution < 1.29 is 13.2 Å². The van der Waals surface area contributed by atoms with Crippen LogP contribution in [0.15, 0.2) is 48.5 Å². The summed E-state index contributed by atoms with van der Waals surface area (Å²) < 4.78 is 38.0. The van der Waals surface area contributed by atoms with Crippen molar-refractivity contribution in [3.63, 3.8) is 0 Å². The lowest BCUT2D eigenvalue weighted by Crippen LogP contribution is -2.45. The molecule has 0 spiro atoms. The molecule has 2 nitrogen and oxygen atoms in total. The maximum atomic E-state index is 12.7. The summed E-state index contributed by atoms with van der Waals surface area (Å²) in [5, 5.41) is 3.37. The van der Waals surface area contributed by atoms with Crippen molar-refractivity contribution in [1.82, 2.24) is 10.2 Å². The number of hydrogen-bond donors (Lipinski definition) is 1. The van der Waals surface area contributed by atoms with Crippen molar-refractivity contribution in [3.05, 3.63) is 59.7 Å². The molecule has 0 aromatic heterocycles. The number of rotatable bonds is 4. The van der Waals surface area contributed by atoms with Gasteiger partial charge < -0.3 is 5.32 Å². The van der Waals surface area contributed by atoms with Crippen molar-refractivity contribution in [1.29, 1.82) is 0 Å². The first kappa shape index (κ1) is 18.0. The first-order chi connectivity index (χ1) is 12.0. The highest BCUT2D eigenvalue weighted by Gasteiger charge is 2.30. The lowest BCUT2D eigenvalue weighted by atomic mass is 9.97. The van der Waals surface area contributed by atoms with E-state index in [1.165, 1.54) is 17.7 Å². The van der Waals surface area contributed by atoms with E-state index in [0.717, 1.165) is 55.9 Å². The van der Waals surface area contributed by atoms with Gasteiger partial charge in [0.1, 0.15) is 0 Å². The summed E-state index contributed by atoms with van der Waals surface area (Å²) in [5.74, 6) is 0. The Bertz CT molecular complexity index is 672. The molecule has 1 atom stereocenters. The highest BCUT2D eigenvalue weighted by Crippen LogP contribution is 2.32. The van der Waals surface area contributed by atoms with E-state index < -0.39 is 11.7 Å². The van der Waals surface area contributed by atoms with Gasteiger partial charge in [-0.2, -0.15) is 13.2 Å². The van der Waals surface area contributed by atoms with Gasteiger partial charge in [-0.15, -0.1) is 0 Å². The average molecular weight is 348 g/mol. The Hall–Kier alpha value is -1.85. The van der Waals surface area contributed by atoms with Gasteiger partial charge >= 0.3 is 6.18 Å². The van der Waals surface area contributed by atoms with Crippen LogP contribution in [0.25, 0.3) is 11.1 Å². The van der Waals surface area contributed by atoms with E-state index >= 15 is 0 Å². The van der Waals surface area contributed by atoms with Crippen molar-refractivity contribution in [2.75, 3.05) is 26.2 Å². The maximum absolute atomic E-state index is 12.7. The van der Waals surface area contributed by atoms with Gasteiger partial charge in [0, 0.05) is 32.2 Å². The highest BCUT2D eigenvalue weighted by molar-refractivity contribution is 5.64. The number of halogens is 3. The zero-order chi connectivity index (χ0) is 17.9. The summed E-state index contributed by atoms with van der Waals surface area (Å²) in [6.45, 7) is 6.30. The molecular weight excluding hydrogens is 325 g/mol. The average Bonchev–Trinajstić information content (AvgIpc) is 2.63. The van der Waals surface area contributed by atoms with Crippen LogP contribution in [0.1, 0.15) is 30.5 Å². The minimum atomic E-state index is -4.29. The molecule has 0 unspecified atom stereocenters. The molecule has 1 saturated heterocycles. The zero-order valence-corrected chi connectivity index (χ0v) is 14.3. The monoisotopic (exact) mass is 348 g/mol. The molecule has 25 heavy (non-hydrogen) atoms. The summed E-state index contributed by atoms with van der Waals surface area (Å²) in [7, 11) is 0. The summed E-state index contributed by atoms with van der Waals surface area (Å²) in [6, 6.07) is 13.9. The predicted molar refractivity (Wildman–Crippen MR) is 94.4 cm³/mol. The first-order valence-corrected chi connectivity index (χ1v) is 8.71. The van der Waals surface area contributed by atoms with Crippen LogP contribution in [-0.2, 0) is 6.18 Å². The first-order valence-electron chi connectivity index (χ1n) is 8.71. The Balaban J connectivity index is 1.77. The quantitative estimate of drug-likeness (QED) is 0.859. The zero-order valence-electron chi connectivity index (χ0n) is 14.3. The van der Waals surface area contributed by atoms with Gasteiger partial charge in [0.15, 0.2) is 0 Å². The van der Waals surface area contributed by atoms with Gasteiger partial charge in [-0.05, 0) is 35.2 Å². The number of benzene rings is 2. The number of alkyl halides is 3. The second-order valence-corrected chi connectivity index (χ2v) is 6.41. The van der Waals surface area contributed by atoms with Crippen LogP contribution in [0, 0.1) is 0 Å². The molecule has 1 N–H and O–H groups in total. The Morgan fingerprint density at radius 2 is 1.44 bits per heavy atom. The second-order valence-electron chi connectivity index (χ2n) is 6.41. The van der Waals surface area contributed by atoms with E-state index in [4.69, 9.17) is 0 Å². The molecule has 5 heteroatoms. The Kier molecular flexibility index (Phi) is 5.45. The SMILES string of the molecule is CC[C@@H](c1ccc(-c2ccc(C(F)(F)F)cc2)cc1)N1CCNCC1. The van der Waals surface area contributed by atoms with E-state index in [2.05, 4.69) is 29.3 Å². The molecule has 1 fully saturated rings. The van der Waals surface area contributed by atoms with Crippen LogP contribution >= 0.6 is 0 Å². The third-order valence-electron chi connectivity index (χ3n) is 4.82. The summed E-state index contributed by atoms with van der Waals surface area (Å²) >= 11 is 0. The van der Waals surface area contributed by atoms with Gasteiger partial charge in [-0.25, -0.2) is 0 Å². The van der Waals surface area contributed by atoms with Crippen LogP contribution in [-0.4, -0.2) is 31.1 Å². The van der Waals surface area contributed by atoms with Crippen LogP contribution in [0.4, 0.5) is 13.2 Å². The molecule has 3 rings (SSSR count). The van der Waals surface area contributed by atoms with Gasteiger partial charge in [0.05, 0.1) is 5.56 Å². The fourth-order valence-corrected chi connectivity index (χ4v) is 3.45. The second kappa shape index (κ2) is 7.58. The van der Waals surface area contributed by atoms with E-state index in [1.807, 2.05) is 12.1 Å². The lowest BCUT2D eigenvalue weighted by molar-refractivity contribution is -0.137. The molecule has 0 bridgehead atoms. The topological polar surface area (TPSA) is 15.3 Å². The number of nitrogens with zero attached hydrogens (tertiary/aromatic N) is 1. The summed E-state index contributed by atoms with van der Waals surface area (Å²) in [6.07, 6.45) is -3.25. The van der Waals surface area contributed by atoms with Crippen LogP contribution in [0.5, 0.6) is 0 Å². The standard InChI is InChI=1S/C20H23F3N2/c1-2-19(25-13-11-24-12-14-25)17-5-3-15(4-6-17)16-7-9-18(10-8-16)20(21,22)23/h3-10,19,24H,2,11-14H2,1H3/t19-/m0/s1. The third kappa shape index (κ3) is 4.22. The molecule has 2 aromatic carbocycles. The van der Waals surface area contributed by atoms with E-state index in [1.54, 1.807) is 0 Å². The van der Waals surface area contributed by atoms with E-state index in [9.17, 15) is 13.2 Å². The molecule has 1 heterocycles. The molecule has 0 aliphatic carbocycles.